The van der Waals surface area contributed by atoms with Gasteiger partial charge >= 0.3 is 0 Å². The molecule has 0 saturated heterocycles. The summed E-state index contributed by atoms with van der Waals surface area (Å²) in [5, 5.41) is 12.4. The number of rotatable bonds is 3. The van der Waals surface area contributed by atoms with Crippen molar-refractivity contribution in [3.05, 3.63) is 0 Å². The summed E-state index contributed by atoms with van der Waals surface area (Å²) in [6.45, 7) is 6.88. The van der Waals surface area contributed by atoms with Crippen LogP contribution in [-0.2, 0) is 4.79 Å². The molecule has 1 amide bonds. The minimum absolute atomic E-state index is 0.141. The zero-order chi connectivity index (χ0) is 13.9. The van der Waals surface area contributed by atoms with Gasteiger partial charge in [0.2, 0.25) is 5.91 Å². The van der Waals surface area contributed by atoms with Crippen LogP contribution in [0.2, 0.25) is 0 Å². The number of carbonyl (C=O) groups is 1. The lowest BCUT2D eigenvalue weighted by atomic mass is 9.40. The molecular weight excluding hydrogens is 238 g/mol. The van der Waals surface area contributed by atoms with Crippen molar-refractivity contribution in [2.45, 2.75) is 65.4 Å². The first kappa shape index (κ1) is 13.4. The zero-order valence-corrected chi connectivity index (χ0v) is 12.5. The zero-order valence-electron chi connectivity index (χ0n) is 12.5. The molecule has 0 spiro atoms. The third-order valence-corrected chi connectivity index (χ3v) is 5.67. The number of nitrogens with one attached hydrogen (secondary N) is 1. The lowest BCUT2D eigenvalue weighted by Crippen LogP contribution is -2.60. The number of hydrogen-bond acceptors (Lipinski definition) is 2. The van der Waals surface area contributed by atoms with E-state index in [4.69, 9.17) is 0 Å². The van der Waals surface area contributed by atoms with E-state index in [1.165, 1.54) is 19.3 Å². The van der Waals surface area contributed by atoms with E-state index in [0.717, 1.165) is 25.2 Å². The van der Waals surface area contributed by atoms with E-state index in [0.29, 0.717) is 17.4 Å². The van der Waals surface area contributed by atoms with Gasteiger partial charge in [0.05, 0.1) is 11.5 Å². The molecule has 3 heteroatoms. The summed E-state index contributed by atoms with van der Waals surface area (Å²) in [4.78, 5) is 12.7. The smallest absolute Gasteiger partial charge is 0.226 e. The molecule has 4 bridgehead atoms. The molecule has 0 radical (unpaired) electrons. The van der Waals surface area contributed by atoms with Gasteiger partial charge < -0.3 is 10.4 Å². The molecule has 3 atom stereocenters. The van der Waals surface area contributed by atoms with Crippen LogP contribution in [-0.4, -0.2) is 23.7 Å². The fourth-order valence-electron chi connectivity index (χ4n) is 6.13. The molecule has 19 heavy (non-hydrogen) atoms. The SMILES string of the molecule is C[C@H](O)CNC(=O)C12CC3CC(C)(CC(C)(C3)C1)C2. The van der Waals surface area contributed by atoms with E-state index in [1.807, 2.05) is 0 Å². The Morgan fingerprint density at radius 2 is 1.79 bits per heavy atom. The standard InChI is InChI=1S/C16H27NO2/c1-11(18)7-17-13(19)16-6-12-4-14(2,9-16)8-15(3,5-12)10-16/h11-12,18H,4-10H2,1-3H3,(H,17,19)/t11-,12?,14?,15?,16?/m0/s1. The van der Waals surface area contributed by atoms with Crippen molar-refractivity contribution >= 4 is 5.91 Å². The molecule has 4 saturated carbocycles. The first-order valence-electron chi connectivity index (χ1n) is 7.71. The molecule has 2 N–H and O–H groups in total. The average Bonchev–Trinajstić information content (AvgIpc) is 2.20. The van der Waals surface area contributed by atoms with Crippen molar-refractivity contribution in [3.8, 4) is 0 Å². The summed E-state index contributed by atoms with van der Waals surface area (Å²) in [5.74, 6) is 0.943. The van der Waals surface area contributed by atoms with E-state index >= 15 is 0 Å². The van der Waals surface area contributed by atoms with Gasteiger partial charge in [-0.05, 0) is 62.2 Å². The predicted octanol–water partition coefficient (Wildman–Crippen LogP) is 2.48. The van der Waals surface area contributed by atoms with Crippen molar-refractivity contribution in [1.82, 2.24) is 5.32 Å². The minimum Gasteiger partial charge on any atom is -0.392 e. The van der Waals surface area contributed by atoms with Crippen molar-refractivity contribution < 1.29 is 9.90 Å². The maximum absolute atomic E-state index is 12.7. The van der Waals surface area contributed by atoms with Gasteiger partial charge in [-0.25, -0.2) is 0 Å². The Kier molecular flexibility index (Phi) is 2.80. The van der Waals surface area contributed by atoms with Crippen molar-refractivity contribution in [1.29, 1.82) is 0 Å². The molecule has 4 aliphatic carbocycles. The van der Waals surface area contributed by atoms with Crippen LogP contribution in [0.15, 0.2) is 0 Å². The van der Waals surface area contributed by atoms with Gasteiger partial charge in [-0.2, -0.15) is 0 Å². The van der Waals surface area contributed by atoms with Crippen LogP contribution in [0.25, 0.3) is 0 Å². The number of aliphatic hydroxyl groups is 1. The van der Waals surface area contributed by atoms with E-state index in [-0.39, 0.29) is 11.3 Å². The molecular formula is C16H27NO2. The van der Waals surface area contributed by atoms with Crippen molar-refractivity contribution in [2.75, 3.05) is 6.54 Å². The van der Waals surface area contributed by atoms with Crippen molar-refractivity contribution in [3.63, 3.8) is 0 Å². The molecule has 0 aromatic carbocycles. The Bertz CT molecular complexity index is 386. The van der Waals surface area contributed by atoms with Gasteiger partial charge in [0.25, 0.3) is 0 Å². The molecule has 0 heterocycles. The highest BCUT2D eigenvalue weighted by Crippen LogP contribution is 2.69. The van der Waals surface area contributed by atoms with Gasteiger partial charge in [0.1, 0.15) is 0 Å². The number of hydrogen-bond donors (Lipinski definition) is 2. The first-order valence-corrected chi connectivity index (χ1v) is 7.71. The Morgan fingerprint density at radius 3 is 2.26 bits per heavy atom. The van der Waals surface area contributed by atoms with Gasteiger partial charge in [-0.1, -0.05) is 13.8 Å². The quantitative estimate of drug-likeness (QED) is 0.823. The van der Waals surface area contributed by atoms with E-state index in [1.54, 1.807) is 6.92 Å². The minimum atomic E-state index is -0.455. The molecule has 0 aromatic heterocycles. The number of carbonyl (C=O) groups excluding carboxylic acids is 1. The first-order chi connectivity index (χ1) is 8.74. The van der Waals surface area contributed by atoms with E-state index in [2.05, 4.69) is 19.2 Å². The maximum atomic E-state index is 12.7. The average molecular weight is 265 g/mol. The second kappa shape index (κ2) is 3.97. The molecule has 108 valence electrons. The van der Waals surface area contributed by atoms with Gasteiger partial charge in [-0.15, -0.1) is 0 Å². The summed E-state index contributed by atoms with van der Waals surface area (Å²) in [6.07, 6.45) is 6.65. The molecule has 0 aliphatic heterocycles. The number of amides is 1. The Labute approximate surface area is 116 Å². The second-order valence-corrected chi connectivity index (χ2v) is 8.47. The largest absolute Gasteiger partial charge is 0.392 e. The van der Waals surface area contributed by atoms with Crippen LogP contribution >= 0.6 is 0 Å². The highest BCUT2D eigenvalue weighted by molar-refractivity contribution is 5.83. The third-order valence-electron chi connectivity index (χ3n) is 5.67. The molecule has 4 rings (SSSR count). The molecule has 4 fully saturated rings. The van der Waals surface area contributed by atoms with Gasteiger partial charge in [0, 0.05) is 6.54 Å². The number of aliphatic hydroxyl groups excluding tert-OH is 1. The maximum Gasteiger partial charge on any atom is 0.226 e. The van der Waals surface area contributed by atoms with Gasteiger partial charge in [-0.3, -0.25) is 4.79 Å². The lowest BCUT2D eigenvalue weighted by Gasteiger charge is -2.64. The molecule has 2 unspecified atom stereocenters. The summed E-state index contributed by atoms with van der Waals surface area (Å²) in [7, 11) is 0. The molecule has 3 nitrogen and oxygen atoms in total. The van der Waals surface area contributed by atoms with E-state index < -0.39 is 6.10 Å². The Hall–Kier alpha value is -0.570. The topological polar surface area (TPSA) is 49.3 Å². The summed E-state index contributed by atoms with van der Waals surface area (Å²) in [6, 6.07) is 0. The normalized spacial score (nSPS) is 49.2. The van der Waals surface area contributed by atoms with E-state index in [9.17, 15) is 9.90 Å². The van der Waals surface area contributed by atoms with Crippen LogP contribution < -0.4 is 5.32 Å². The highest BCUT2D eigenvalue weighted by atomic mass is 16.3. The Morgan fingerprint density at radius 1 is 1.21 bits per heavy atom. The molecule has 4 aliphatic rings. The van der Waals surface area contributed by atoms with Crippen LogP contribution in [0.5, 0.6) is 0 Å². The predicted molar refractivity (Wildman–Crippen MR) is 74.5 cm³/mol. The Balaban J connectivity index is 1.82. The highest BCUT2D eigenvalue weighted by Gasteiger charge is 2.62. The summed E-state index contributed by atoms with van der Waals surface area (Å²) >= 11 is 0. The van der Waals surface area contributed by atoms with Crippen molar-refractivity contribution in [2.24, 2.45) is 22.2 Å². The fraction of sp³-hybridized carbons (Fsp3) is 0.938. The summed E-state index contributed by atoms with van der Waals surface area (Å²) in [5.41, 5.74) is 0.602. The lowest BCUT2D eigenvalue weighted by molar-refractivity contribution is -0.170. The summed E-state index contributed by atoms with van der Waals surface area (Å²) < 4.78 is 0. The second-order valence-electron chi connectivity index (χ2n) is 8.47. The van der Waals surface area contributed by atoms with Crippen LogP contribution in [0.4, 0.5) is 0 Å². The van der Waals surface area contributed by atoms with Crippen LogP contribution in [0, 0.1) is 22.2 Å². The fourth-order valence-corrected chi connectivity index (χ4v) is 6.13. The monoisotopic (exact) mass is 265 g/mol. The molecule has 0 aromatic rings. The van der Waals surface area contributed by atoms with Crippen LogP contribution in [0.1, 0.15) is 59.3 Å². The third kappa shape index (κ3) is 2.20. The van der Waals surface area contributed by atoms with Gasteiger partial charge in [0.15, 0.2) is 0 Å². The van der Waals surface area contributed by atoms with Crippen LogP contribution in [0.3, 0.4) is 0 Å².